The maximum absolute atomic E-state index is 13.6. The number of aliphatic hydroxyl groups excluding tert-OH is 1. The predicted molar refractivity (Wildman–Crippen MR) is 79.1 cm³/mol. The van der Waals surface area contributed by atoms with E-state index >= 15 is 0 Å². The van der Waals surface area contributed by atoms with Crippen molar-refractivity contribution >= 4 is 0 Å². The SMILES string of the molecule is CN(C)C1(CNCC(O)c2ccccc2F)CCCC1. The lowest BCUT2D eigenvalue weighted by molar-refractivity contribution is 0.132. The van der Waals surface area contributed by atoms with Crippen molar-refractivity contribution in [3.05, 3.63) is 35.6 Å². The summed E-state index contributed by atoms with van der Waals surface area (Å²) in [6.45, 7) is 1.22. The summed E-state index contributed by atoms with van der Waals surface area (Å²) >= 11 is 0. The van der Waals surface area contributed by atoms with Crippen LogP contribution in [0.2, 0.25) is 0 Å². The second kappa shape index (κ2) is 6.66. The topological polar surface area (TPSA) is 35.5 Å². The third-order valence-corrected chi connectivity index (χ3v) is 4.54. The average molecular weight is 280 g/mol. The summed E-state index contributed by atoms with van der Waals surface area (Å²) in [6.07, 6.45) is 4.09. The van der Waals surface area contributed by atoms with Crippen LogP contribution in [0.4, 0.5) is 4.39 Å². The van der Waals surface area contributed by atoms with Crippen LogP contribution in [-0.4, -0.2) is 42.7 Å². The molecule has 0 heterocycles. The highest BCUT2D eigenvalue weighted by molar-refractivity contribution is 5.20. The molecule has 3 nitrogen and oxygen atoms in total. The number of rotatable bonds is 6. The van der Waals surface area contributed by atoms with Gasteiger partial charge in [-0.15, -0.1) is 0 Å². The number of aliphatic hydroxyl groups is 1. The number of hydrogen-bond acceptors (Lipinski definition) is 3. The van der Waals surface area contributed by atoms with E-state index in [1.165, 1.54) is 31.7 Å². The Kier molecular flexibility index (Phi) is 5.13. The average Bonchev–Trinajstić information content (AvgIpc) is 2.89. The molecular formula is C16H25FN2O. The van der Waals surface area contributed by atoms with Crippen LogP contribution in [0, 0.1) is 5.82 Å². The van der Waals surface area contributed by atoms with Gasteiger partial charge < -0.3 is 15.3 Å². The lowest BCUT2D eigenvalue weighted by atomic mass is 9.96. The number of benzene rings is 1. The van der Waals surface area contributed by atoms with E-state index in [9.17, 15) is 9.50 Å². The van der Waals surface area contributed by atoms with Gasteiger partial charge in [-0.25, -0.2) is 4.39 Å². The Labute approximate surface area is 120 Å². The number of nitrogens with zero attached hydrogens (tertiary/aromatic N) is 1. The molecule has 0 radical (unpaired) electrons. The molecule has 2 N–H and O–H groups in total. The Balaban J connectivity index is 1.88. The fourth-order valence-corrected chi connectivity index (χ4v) is 3.11. The van der Waals surface area contributed by atoms with Gasteiger partial charge in [0, 0.05) is 24.2 Å². The van der Waals surface area contributed by atoms with Crippen LogP contribution in [-0.2, 0) is 0 Å². The second-order valence-electron chi connectivity index (χ2n) is 5.99. The third-order valence-electron chi connectivity index (χ3n) is 4.54. The molecule has 1 fully saturated rings. The quantitative estimate of drug-likeness (QED) is 0.839. The van der Waals surface area contributed by atoms with Gasteiger partial charge in [0.25, 0.3) is 0 Å². The summed E-state index contributed by atoms with van der Waals surface area (Å²) in [4.78, 5) is 2.28. The molecule has 20 heavy (non-hydrogen) atoms. The molecule has 0 spiro atoms. The van der Waals surface area contributed by atoms with Crippen LogP contribution in [0.15, 0.2) is 24.3 Å². The summed E-state index contributed by atoms with van der Waals surface area (Å²) in [5.74, 6) is -0.343. The largest absolute Gasteiger partial charge is 0.387 e. The van der Waals surface area contributed by atoms with Gasteiger partial charge in [-0.2, -0.15) is 0 Å². The number of halogens is 1. The highest BCUT2D eigenvalue weighted by Crippen LogP contribution is 2.33. The normalized spacial score (nSPS) is 19.4. The van der Waals surface area contributed by atoms with Crippen LogP contribution in [0.3, 0.4) is 0 Å². The Morgan fingerprint density at radius 3 is 2.55 bits per heavy atom. The van der Waals surface area contributed by atoms with E-state index in [-0.39, 0.29) is 11.4 Å². The second-order valence-corrected chi connectivity index (χ2v) is 5.99. The van der Waals surface area contributed by atoms with Gasteiger partial charge >= 0.3 is 0 Å². The maximum atomic E-state index is 13.6. The van der Waals surface area contributed by atoms with Gasteiger partial charge in [0.2, 0.25) is 0 Å². The zero-order chi connectivity index (χ0) is 14.6. The molecule has 1 saturated carbocycles. The van der Waals surface area contributed by atoms with Crippen LogP contribution in [0.1, 0.15) is 37.4 Å². The van der Waals surface area contributed by atoms with E-state index < -0.39 is 6.10 Å². The van der Waals surface area contributed by atoms with E-state index in [0.29, 0.717) is 12.1 Å². The molecule has 0 saturated heterocycles. The molecule has 1 aliphatic carbocycles. The van der Waals surface area contributed by atoms with Gasteiger partial charge in [0.1, 0.15) is 5.82 Å². The molecule has 0 aromatic heterocycles. The molecule has 2 rings (SSSR count). The minimum absolute atomic E-state index is 0.189. The number of likely N-dealkylation sites (N-methyl/N-ethyl adjacent to an activating group) is 1. The highest BCUT2D eigenvalue weighted by atomic mass is 19.1. The van der Waals surface area contributed by atoms with Crippen molar-refractivity contribution in [1.29, 1.82) is 0 Å². The Bertz CT molecular complexity index is 430. The summed E-state index contributed by atoms with van der Waals surface area (Å²) < 4.78 is 13.6. The summed E-state index contributed by atoms with van der Waals surface area (Å²) in [5, 5.41) is 13.4. The fourth-order valence-electron chi connectivity index (χ4n) is 3.11. The van der Waals surface area contributed by atoms with Gasteiger partial charge in [0.15, 0.2) is 0 Å². The summed E-state index contributed by atoms with van der Waals surface area (Å²) in [5.41, 5.74) is 0.555. The van der Waals surface area contributed by atoms with Crippen LogP contribution >= 0.6 is 0 Å². The van der Waals surface area contributed by atoms with Crippen LogP contribution in [0.5, 0.6) is 0 Å². The molecular weight excluding hydrogens is 255 g/mol. The van der Waals surface area contributed by atoms with Crippen molar-refractivity contribution in [3.63, 3.8) is 0 Å². The first-order chi connectivity index (χ1) is 9.55. The standard InChI is InChI=1S/C16H25FN2O/c1-19(2)16(9-5-6-10-16)12-18-11-15(20)13-7-3-4-8-14(13)17/h3-4,7-8,15,18,20H,5-6,9-12H2,1-2H3. The van der Waals surface area contributed by atoms with E-state index in [1.54, 1.807) is 18.2 Å². The molecule has 1 aromatic rings. The van der Waals surface area contributed by atoms with Crippen molar-refractivity contribution in [1.82, 2.24) is 10.2 Å². The molecule has 0 aliphatic heterocycles. The molecule has 112 valence electrons. The number of hydrogen-bond donors (Lipinski definition) is 2. The summed E-state index contributed by atoms with van der Waals surface area (Å²) in [6, 6.07) is 6.41. The minimum Gasteiger partial charge on any atom is -0.387 e. The van der Waals surface area contributed by atoms with E-state index in [0.717, 1.165) is 6.54 Å². The van der Waals surface area contributed by atoms with E-state index in [1.807, 2.05) is 0 Å². The summed E-state index contributed by atoms with van der Waals surface area (Å²) in [7, 11) is 4.22. The number of nitrogens with one attached hydrogen (secondary N) is 1. The van der Waals surface area contributed by atoms with Crippen LogP contribution in [0.25, 0.3) is 0 Å². The molecule has 0 amide bonds. The minimum atomic E-state index is -0.795. The third kappa shape index (κ3) is 3.37. The highest BCUT2D eigenvalue weighted by Gasteiger charge is 2.35. The first kappa shape index (κ1) is 15.4. The predicted octanol–water partition coefficient (Wildman–Crippen LogP) is 2.32. The monoisotopic (exact) mass is 280 g/mol. The molecule has 1 unspecified atom stereocenters. The van der Waals surface area contributed by atoms with Crippen molar-refractivity contribution in [2.24, 2.45) is 0 Å². The van der Waals surface area contributed by atoms with Crippen molar-refractivity contribution < 1.29 is 9.50 Å². The van der Waals surface area contributed by atoms with Crippen molar-refractivity contribution in [2.75, 3.05) is 27.2 Å². The van der Waals surface area contributed by atoms with Crippen molar-refractivity contribution in [2.45, 2.75) is 37.3 Å². The molecule has 1 aliphatic rings. The Hall–Kier alpha value is -0.970. The lowest BCUT2D eigenvalue weighted by Crippen LogP contribution is -2.50. The van der Waals surface area contributed by atoms with E-state index in [4.69, 9.17) is 0 Å². The van der Waals surface area contributed by atoms with Crippen molar-refractivity contribution in [3.8, 4) is 0 Å². The molecule has 1 atom stereocenters. The Morgan fingerprint density at radius 2 is 1.95 bits per heavy atom. The fraction of sp³-hybridized carbons (Fsp3) is 0.625. The van der Waals surface area contributed by atoms with E-state index in [2.05, 4.69) is 24.3 Å². The van der Waals surface area contributed by atoms with Gasteiger partial charge in [-0.1, -0.05) is 31.0 Å². The van der Waals surface area contributed by atoms with Crippen LogP contribution < -0.4 is 5.32 Å². The lowest BCUT2D eigenvalue weighted by Gasteiger charge is -2.37. The molecule has 1 aromatic carbocycles. The molecule has 0 bridgehead atoms. The zero-order valence-electron chi connectivity index (χ0n) is 12.4. The van der Waals surface area contributed by atoms with Gasteiger partial charge in [-0.3, -0.25) is 0 Å². The smallest absolute Gasteiger partial charge is 0.129 e. The maximum Gasteiger partial charge on any atom is 0.129 e. The first-order valence-electron chi connectivity index (χ1n) is 7.36. The van der Waals surface area contributed by atoms with Gasteiger partial charge in [-0.05, 0) is 33.0 Å². The Morgan fingerprint density at radius 1 is 1.30 bits per heavy atom. The molecule has 4 heteroatoms. The van der Waals surface area contributed by atoms with Gasteiger partial charge in [0.05, 0.1) is 6.10 Å². The first-order valence-corrected chi connectivity index (χ1v) is 7.36. The zero-order valence-corrected chi connectivity index (χ0v) is 12.4.